The zero-order valence-corrected chi connectivity index (χ0v) is 14.2. The minimum absolute atomic E-state index is 0.139. The number of ether oxygens (including phenoxy) is 1. The number of hydrogen-bond acceptors (Lipinski definition) is 3. The van der Waals surface area contributed by atoms with Crippen molar-refractivity contribution >= 4 is 16.8 Å². The highest BCUT2D eigenvalue weighted by atomic mass is 19.1. The maximum absolute atomic E-state index is 12.9. The molecular formula is C20H19FN2O2. The predicted molar refractivity (Wildman–Crippen MR) is 95.4 cm³/mol. The van der Waals surface area contributed by atoms with Gasteiger partial charge in [-0.2, -0.15) is 0 Å². The molecule has 0 radical (unpaired) electrons. The molecule has 0 spiro atoms. The summed E-state index contributed by atoms with van der Waals surface area (Å²) in [4.78, 5) is 18.6. The van der Waals surface area contributed by atoms with Gasteiger partial charge in [0.25, 0.3) is 5.91 Å². The van der Waals surface area contributed by atoms with Gasteiger partial charge in [-0.1, -0.05) is 18.2 Å². The van der Waals surface area contributed by atoms with E-state index in [0.717, 1.165) is 22.2 Å². The van der Waals surface area contributed by atoms with Gasteiger partial charge in [-0.3, -0.25) is 4.79 Å². The number of amides is 1. The molecule has 0 saturated carbocycles. The van der Waals surface area contributed by atoms with E-state index in [0.29, 0.717) is 18.7 Å². The van der Waals surface area contributed by atoms with Crippen LogP contribution in [0.4, 0.5) is 4.39 Å². The van der Waals surface area contributed by atoms with E-state index in [1.54, 1.807) is 37.3 Å². The first-order valence-electron chi connectivity index (χ1n) is 8.01. The van der Waals surface area contributed by atoms with Crippen molar-refractivity contribution in [2.45, 2.75) is 6.42 Å². The second-order valence-electron chi connectivity index (χ2n) is 5.86. The predicted octanol–water partition coefficient (Wildman–Crippen LogP) is 3.70. The lowest BCUT2D eigenvalue weighted by atomic mass is 10.1. The second kappa shape index (κ2) is 7.30. The first kappa shape index (κ1) is 16.9. The Labute approximate surface area is 145 Å². The SMILES string of the molecule is COc1ccc2nc(C(=O)N(C)CCc3ccc(F)cc3)ccc2c1. The molecule has 2 aromatic carbocycles. The highest BCUT2D eigenvalue weighted by Crippen LogP contribution is 2.20. The fourth-order valence-electron chi connectivity index (χ4n) is 2.59. The van der Waals surface area contributed by atoms with Crippen LogP contribution in [-0.2, 0) is 6.42 Å². The van der Waals surface area contributed by atoms with E-state index in [1.165, 1.54) is 12.1 Å². The maximum atomic E-state index is 12.9. The van der Waals surface area contributed by atoms with Crippen molar-refractivity contribution in [1.82, 2.24) is 9.88 Å². The van der Waals surface area contributed by atoms with Crippen LogP contribution < -0.4 is 4.74 Å². The van der Waals surface area contributed by atoms with E-state index in [2.05, 4.69) is 4.98 Å². The average molecular weight is 338 g/mol. The van der Waals surface area contributed by atoms with Crippen molar-refractivity contribution in [3.05, 3.63) is 71.7 Å². The molecule has 0 aliphatic rings. The van der Waals surface area contributed by atoms with E-state index in [9.17, 15) is 9.18 Å². The van der Waals surface area contributed by atoms with Gasteiger partial charge in [-0.25, -0.2) is 9.37 Å². The van der Waals surface area contributed by atoms with Crippen LogP contribution in [0.2, 0.25) is 0 Å². The number of carbonyl (C=O) groups excluding carboxylic acids is 1. The van der Waals surface area contributed by atoms with Gasteiger partial charge < -0.3 is 9.64 Å². The van der Waals surface area contributed by atoms with E-state index < -0.39 is 0 Å². The van der Waals surface area contributed by atoms with Crippen LogP contribution in [0.5, 0.6) is 5.75 Å². The molecule has 3 aromatic rings. The van der Waals surface area contributed by atoms with Gasteiger partial charge in [0.05, 0.1) is 12.6 Å². The Bertz CT molecular complexity index is 894. The number of pyridine rings is 1. The van der Waals surface area contributed by atoms with Crippen LogP contribution in [0.25, 0.3) is 10.9 Å². The second-order valence-corrected chi connectivity index (χ2v) is 5.86. The Kier molecular flexibility index (Phi) is 4.93. The summed E-state index contributed by atoms with van der Waals surface area (Å²) in [6.07, 6.45) is 0.660. The summed E-state index contributed by atoms with van der Waals surface area (Å²) in [6.45, 7) is 0.535. The third-order valence-corrected chi connectivity index (χ3v) is 4.11. The molecule has 1 amide bonds. The molecule has 3 rings (SSSR count). The Morgan fingerprint density at radius 3 is 2.60 bits per heavy atom. The summed E-state index contributed by atoms with van der Waals surface area (Å²) in [5.74, 6) is 0.356. The van der Waals surface area contributed by atoms with Crippen molar-refractivity contribution in [2.75, 3.05) is 20.7 Å². The highest BCUT2D eigenvalue weighted by Gasteiger charge is 2.14. The summed E-state index contributed by atoms with van der Waals surface area (Å²) >= 11 is 0. The summed E-state index contributed by atoms with van der Waals surface area (Å²) in [5.41, 5.74) is 2.14. The minimum atomic E-state index is -0.259. The number of carbonyl (C=O) groups is 1. The third kappa shape index (κ3) is 3.94. The minimum Gasteiger partial charge on any atom is -0.497 e. The third-order valence-electron chi connectivity index (χ3n) is 4.11. The van der Waals surface area contributed by atoms with Gasteiger partial charge >= 0.3 is 0 Å². The van der Waals surface area contributed by atoms with Crippen LogP contribution in [0, 0.1) is 5.82 Å². The molecule has 0 fully saturated rings. The number of hydrogen-bond donors (Lipinski definition) is 0. The zero-order valence-electron chi connectivity index (χ0n) is 14.2. The van der Waals surface area contributed by atoms with Crippen molar-refractivity contribution in [3.63, 3.8) is 0 Å². The topological polar surface area (TPSA) is 42.4 Å². The van der Waals surface area contributed by atoms with Crippen molar-refractivity contribution in [1.29, 1.82) is 0 Å². The molecule has 0 saturated heterocycles. The molecule has 4 nitrogen and oxygen atoms in total. The van der Waals surface area contributed by atoms with Crippen LogP contribution in [-0.4, -0.2) is 36.5 Å². The lowest BCUT2D eigenvalue weighted by molar-refractivity contribution is 0.0791. The smallest absolute Gasteiger partial charge is 0.272 e. The largest absolute Gasteiger partial charge is 0.497 e. The molecule has 0 aliphatic carbocycles. The summed E-state index contributed by atoms with van der Waals surface area (Å²) in [7, 11) is 3.36. The summed E-state index contributed by atoms with van der Waals surface area (Å²) in [5, 5.41) is 0.921. The van der Waals surface area contributed by atoms with Gasteiger partial charge in [0.2, 0.25) is 0 Å². The molecule has 1 aromatic heterocycles. The molecule has 0 N–H and O–H groups in total. The molecule has 0 aliphatic heterocycles. The van der Waals surface area contributed by atoms with Crippen molar-refractivity contribution in [2.24, 2.45) is 0 Å². The van der Waals surface area contributed by atoms with Crippen molar-refractivity contribution < 1.29 is 13.9 Å². The van der Waals surface area contributed by atoms with Crippen LogP contribution in [0.1, 0.15) is 16.1 Å². The van der Waals surface area contributed by atoms with Gasteiger partial charge in [0, 0.05) is 19.0 Å². The number of likely N-dealkylation sites (N-methyl/N-ethyl adjacent to an activating group) is 1. The summed E-state index contributed by atoms with van der Waals surface area (Å²) in [6, 6.07) is 15.4. The first-order chi connectivity index (χ1) is 12.1. The molecule has 128 valence electrons. The van der Waals surface area contributed by atoms with Gasteiger partial charge in [0.15, 0.2) is 0 Å². The highest BCUT2D eigenvalue weighted by molar-refractivity contribution is 5.94. The van der Waals surface area contributed by atoms with E-state index >= 15 is 0 Å². The quantitative estimate of drug-likeness (QED) is 0.712. The number of methoxy groups -OCH3 is 1. The molecule has 5 heteroatoms. The van der Waals surface area contributed by atoms with Crippen LogP contribution in [0.3, 0.4) is 0 Å². The Morgan fingerprint density at radius 1 is 1.12 bits per heavy atom. The number of benzene rings is 2. The molecule has 25 heavy (non-hydrogen) atoms. The standard InChI is InChI=1S/C20H19FN2O2/c1-23(12-11-14-3-6-16(21)7-4-14)20(24)19-9-5-15-13-17(25-2)8-10-18(15)22-19/h3-10,13H,11-12H2,1-2H3. The molecule has 0 unspecified atom stereocenters. The number of rotatable bonds is 5. The number of nitrogens with zero attached hydrogens (tertiary/aromatic N) is 2. The molecular weight excluding hydrogens is 319 g/mol. The van der Waals surface area contributed by atoms with Crippen LogP contribution in [0.15, 0.2) is 54.6 Å². The Balaban J connectivity index is 1.70. The average Bonchev–Trinajstić information content (AvgIpc) is 2.65. The fourth-order valence-corrected chi connectivity index (χ4v) is 2.59. The first-order valence-corrected chi connectivity index (χ1v) is 8.01. The van der Waals surface area contributed by atoms with Gasteiger partial charge in [0.1, 0.15) is 17.3 Å². The molecule has 1 heterocycles. The van der Waals surface area contributed by atoms with Crippen molar-refractivity contribution in [3.8, 4) is 5.75 Å². The van der Waals surface area contributed by atoms with E-state index in [1.807, 2.05) is 24.3 Å². The van der Waals surface area contributed by atoms with E-state index in [4.69, 9.17) is 4.74 Å². The summed E-state index contributed by atoms with van der Waals surface area (Å²) < 4.78 is 18.1. The van der Waals surface area contributed by atoms with Gasteiger partial charge in [-0.05, 0) is 48.4 Å². The fraction of sp³-hybridized carbons (Fsp3) is 0.200. The zero-order chi connectivity index (χ0) is 17.8. The van der Waals surface area contributed by atoms with Gasteiger partial charge in [-0.15, -0.1) is 0 Å². The maximum Gasteiger partial charge on any atom is 0.272 e. The lowest BCUT2D eigenvalue weighted by Crippen LogP contribution is -2.29. The van der Waals surface area contributed by atoms with E-state index in [-0.39, 0.29) is 11.7 Å². The Hall–Kier alpha value is -2.95. The number of aromatic nitrogens is 1. The number of fused-ring (bicyclic) bond motifs is 1. The normalized spacial score (nSPS) is 10.7. The number of halogens is 1. The molecule has 0 atom stereocenters. The van der Waals surface area contributed by atoms with Crippen LogP contribution >= 0.6 is 0 Å². The monoisotopic (exact) mass is 338 g/mol. The molecule has 0 bridgehead atoms. The Morgan fingerprint density at radius 2 is 1.88 bits per heavy atom. The lowest BCUT2D eigenvalue weighted by Gasteiger charge is -2.17.